The molecule has 0 aliphatic rings. The van der Waals surface area contributed by atoms with E-state index in [0.29, 0.717) is 6.61 Å². The third-order valence-corrected chi connectivity index (χ3v) is 3.72. The number of amides is 1. The first-order valence-corrected chi connectivity index (χ1v) is 9.35. The highest BCUT2D eigenvalue weighted by atomic mass is 16.5. The lowest BCUT2D eigenvalue weighted by atomic mass is 10.00. The number of hydrogen-bond acceptors (Lipinski definition) is 4. The lowest BCUT2D eigenvalue weighted by Crippen LogP contribution is -2.47. The van der Waals surface area contributed by atoms with Crippen molar-refractivity contribution in [3.8, 4) is 0 Å². The standard InChI is InChI=1S/C20H42N2O3/c1-17(2,3)21-13-11-20(9,10)24-14-12-19(7,8)22-16(23)15-25-18(4,5)6/h21H,11-15H2,1-10H3,(H,22,23). The van der Waals surface area contributed by atoms with E-state index in [1.165, 1.54) is 0 Å². The molecule has 150 valence electrons. The molecule has 0 bridgehead atoms. The summed E-state index contributed by atoms with van der Waals surface area (Å²) < 4.78 is 11.6. The van der Waals surface area contributed by atoms with Crippen LogP contribution in [0, 0.1) is 0 Å². The van der Waals surface area contributed by atoms with Crippen molar-refractivity contribution in [3.63, 3.8) is 0 Å². The van der Waals surface area contributed by atoms with Crippen molar-refractivity contribution in [2.45, 2.75) is 104 Å². The number of rotatable bonds is 10. The molecular formula is C20H42N2O3. The first kappa shape index (κ1) is 24.4. The molecule has 0 atom stereocenters. The lowest BCUT2D eigenvalue weighted by molar-refractivity contribution is -0.132. The zero-order chi connectivity index (χ0) is 19.9. The fraction of sp³-hybridized carbons (Fsp3) is 0.950. The summed E-state index contributed by atoms with van der Waals surface area (Å²) in [5.41, 5.74) is -0.695. The Morgan fingerprint density at radius 3 is 1.88 bits per heavy atom. The average molecular weight is 359 g/mol. The minimum absolute atomic E-state index is 0.0811. The number of hydrogen-bond donors (Lipinski definition) is 2. The number of nitrogens with one attached hydrogen (secondary N) is 2. The van der Waals surface area contributed by atoms with Gasteiger partial charge >= 0.3 is 0 Å². The van der Waals surface area contributed by atoms with Crippen molar-refractivity contribution >= 4 is 5.91 Å². The maximum absolute atomic E-state index is 12.0. The second kappa shape index (κ2) is 9.33. The summed E-state index contributed by atoms with van der Waals surface area (Å²) in [7, 11) is 0. The van der Waals surface area contributed by atoms with Gasteiger partial charge in [-0.15, -0.1) is 0 Å². The Bertz CT molecular complexity index is 404. The molecule has 0 aromatic carbocycles. The fourth-order valence-electron chi connectivity index (χ4n) is 2.15. The van der Waals surface area contributed by atoms with Crippen molar-refractivity contribution in [1.29, 1.82) is 0 Å². The monoisotopic (exact) mass is 358 g/mol. The molecule has 1 amide bonds. The Morgan fingerprint density at radius 2 is 1.40 bits per heavy atom. The second-order valence-electron chi connectivity index (χ2n) is 10.1. The highest BCUT2D eigenvalue weighted by Crippen LogP contribution is 2.17. The molecule has 0 radical (unpaired) electrons. The Balaban J connectivity index is 4.16. The molecule has 0 saturated heterocycles. The number of carbonyl (C=O) groups is 1. The molecule has 0 aromatic rings. The summed E-state index contributed by atoms with van der Waals surface area (Å²) in [4.78, 5) is 12.0. The van der Waals surface area contributed by atoms with E-state index in [2.05, 4.69) is 45.3 Å². The third-order valence-electron chi connectivity index (χ3n) is 3.72. The van der Waals surface area contributed by atoms with Crippen LogP contribution in [0.25, 0.3) is 0 Å². The van der Waals surface area contributed by atoms with Crippen LogP contribution in [0.15, 0.2) is 0 Å². The minimum Gasteiger partial charge on any atom is -0.375 e. The van der Waals surface area contributed by atoms with Crippen LogP contribution in [-0.2, 0) is 14.3 Å². The van der Waals surface area contributed by atoms with Gasteiger partial charge in [-0.25, -0.2) is 0 Å². The smallest absolute Gasteiger partial charge is 0.246 e. The molecule has 0 spiro atoms. The number of ether oxygens (including phenoxy) is 2. The van der Waals surface area contributed by atoms with E-state index < -0.39 is 0 Å². The fourth-order valence-corrected chi connectivity index (χ4v) is 2.15. The van der Waals surface area contributed by atoms with Gasteiger partial charge in [-0.2, -0.15) is 0 Å². The van der Waals surface area contributed by atoms with Crippen LogP contribution >= 0.6 is 0 Å². The van der Waals surface area contributed by atoms with E-state index in [1.807, 2.05) is 34.6 Å². The summed E-state index contributed by atoms with van der Waals surface area (Å²) in [6.45, 7) is 22.2. The van der Waals surface area contributed by atoms with Crippen molar-refractivity contribution in [1.82, 2.24) is 10.6 Å². The maximum atomic E-state index is 12.0. The Hall–Kier alpha value is -0.650. The SMILES string of the molecule is CC(C)(C)NCCC(C)(C)OCCC(C)(C)NC(=O)COC(C)(C)C. The van der Waals surface area contributed by atoms with Crippen LogP contribution in [0.3, 0.4) is 0 Å². The summed E-state index contributed by atoms with van der Waals surface area (Å²) in [5.74, 6) is -0.0893. The van der Waals surface area contributed by atoms with Crippen molar-refractivity contribution in [3.05, 3.63) is 0 Å². The molecule has 0 aliphatic heterocycles. The van der Waals surface area contributed by atoms with Gasteiger partial charge in [0.05, 0.1) is 11.2 Å². The van der Waals surface area contributed by atoms with E-state index in [9.17, 15) is 4.79 Å². The molecule has 25 heavy (non-hydrogen) atoms. The zero-order valence-electron chi connectivity index (χ0n) is 18.3. The predicted molar refractivity (Wildman–Crippen MR) is 105 cm³/mol. The molecule has 0 aromatic heterocycles. The molecular weight excluding hydrogens is 316 g/mol. The van der Waals surface area contributed by atoms with Crippen LogP contribution in [0.5, 0.6) is 0 Å². The summed E-state index contributed by atoms with van der Waals surface area (Å²) in [6, 6.07) is 0. The average Bonchev–Trinajstić information content (AvgIpc) is 2.32. The third kappa shape index (κ3) is 15.3. The van der Waals surface area contributed by atoms with E-state index in [4.69, 9.17) is 9.47 Å². The highest BCUT2D eigenvalue weighted by molar-refractivity contribution is 5.78. The van der Waals surface area contributed by atoms with Crippen molar-refractivity contribution in [2.75, 3.05) is 19.8 Å². The second-order valence-corrected chi connectivity index (χ2v) is 10.1. The number of carbonyl (C=O) groups excluding carboxylic acids is 1. The van der Waals surface area contributed by atoms with Crippen molar-refractivity contribution < 1.29 is 14.3 Å². The quantitative estimate of drug-likeness (QED) is 0.626. The Morgan fingerprint density at radius 1 is 0.840 bits per heavy atom. The first-order chi connectivity index (χ1) is 11.0. The Kier molecular flexibility index (Phi) is 9.09. The van der Waals surface area contributed by atoms with Crippen LogP contribution in [0.2, 0.25) is 0 Å². The molecule has 0 heterocycles. The van der Waals surface area contributed by atoms with E-state index in [-0.39, 0.29) is 34.8 Å². The first-order valence-electron chi connectivity index (χ1n) is 9.35. The zero-order valence-corrected chi connectivity index (χ0v) is 18.3. The van der Waals surface area contributed by atoms with Gasteiger partial charge in [-0.1, -0.05) is 0 Å². The molecule has 5 nitrogen and oxygen atoms in total. The minimum atomic E-state index is -0.321. The topological polar surface area (TPSA) is 59.6 Å². The van der Waals surface area contributed by atoms with Gasteiger partial charge in [0.2, 0.25) is 5.91 Å². The molecule has 0 rings (SSSR count). The summed E-state index contributed by atoms with van der Waals surface area (Å²) >= 11 is 0. The van der Waals surface area contributed by atoms with Crippen LogP contribution in [-0.4, -0.2) is 47.9 Å². The van der Waals surface area contributed by atoms with Gasteiger partial charge in [0.1, 0.15) is 6.61 Å². The van der Waals surface area contributed by atoms with Crippen LogP contribution < -0.4 is 10.6 Å². The molecule has 2 N–H and O–H groups in total. The molecule has 5 heteroatoms. The molecule has 0 saturated carbocycles. The largest absolute Gasteiger partial charge is 0.375 e. The summed E-state index contributed by atoms with van der Waals surface area (Å²) in [5, 5.41) is 6.51. The Labute approximate surface area is 155 Å². The van der Waals surface area contributed by atoms with Gasteiger partial charge in [0.25, 0.3) is 0 Å². The van der Waals surface area contributed by atoms with Gasteiger partial charge < -0.3 is 20.1 Å². The predicted octanol–water partition coefficient (Wildman–Crippen LogP) is 3.66. The van der Waals surface area contributed by atoms with E-state index in [1.54, 1.807) is 0 Å². The van der Waals surface area contributed by atoms with E-state index >= 15 is 0 Å². The van der Waals surface area contributed by atoms with Gasteiger partial charge in [0, 0.05) is 17.7 Å². The highest BCUT2D eigenvalue weighted by Gasteiger charge is 2.24. The maximum Gasteiger partial charge on any atom is 0.246 e. The molecule has 0 fully saturated rings. The van der Waals surface area contributed by atoms with Crippen LogP contribution in [0.1, 0.15) is 82.1 Å². The van der Waals surface area contributed by atoms with Gasteiger partial charge in [-0.3, -0.25) is 4.79 Å². The van der Waals surface area contributed by atoms with E-state index in [0.717, 1.165) is 19.4 Å². The molecule has 0 unspecified atom stereocenters. The van der Waals surface area contributed by atoms with Gasteiger partial charge in [0.15, 0.2) is 0 Å². The molecule has 0 aliphatic carbocycles. The summed E-state index contributed by atoms with van der Waals surface area (Å²) in [6.07, 6.45) is 1.70. The normalized spacial score (nSPS) is 13.8. The lowest BCUT2D eigenvalue weighted by Gasteiger charge is -2.31. The van der Waals surface area contributed by atoms with Crippen LogP contribution in [0.4, 0.5) is 0 Å². The van der Waals surface area contributed by atoms with Gasteiger partial charge in [-0.05, 0) is 88.6 Å². The van der Waals surface area contributed by atoms with Crippen molar-refractivity contribution in [2.24, 2.45) is 0 Å².